The number of nitrogens with one attached hydrogen (secondary N) is 1. The van der Waals surface area contributed by atoms with Crippen LogP contribution in [-0.4, -0.2) is 6.54 Å². The first kappa shape index (κ1) is 15.1. The molecule has 0 bridgehead atoms. The smallest absolute Gasteiger partial charge is 0.137 e. The molecule has 0 aromatic heterocycles. The number of halogens is 3. The maximum Gasteiger partial charge on any atom is 0.137 e. The van der Waals surface area contributed by atoms with E-state index in [-0.39, 0.29) is 17.7 Å². The van der Waals surface area contributed by atoms with Gasteiger partial charge in [0.15, 0.2) is 0 Å². The monoisotopic (exact) mass is 339 g/mol. The van der Waals surface area contributed by atoms with Crippen molar-refractivity contribution in [2.75, 3.05) is 6.54 Å². The molecule has 0 aliphatic rings. The Morgan fingerprint density at radius 1 is 1.10 bits per heavy atom. The van der Waals surface area contributed by atoms with Crippen LogP contribution in [-0.2, 0) is 0 Å². The lowest BCUT2D eigenvalue weighted by molar-refractivity contribution is 0.577. The van der Waals surface area contributed by atoms with Gasteiger partial charge in [-0.2, -0.15) is 0 Å². The molecule has 2 rings (SSSR count). The molecule has 0 heterocycles. The Labute approximate surface area is 126 Å². The Morgan fingerprint density at radius 3 is 2.45 bits per heavy atom. The Hall–Kier alpha value is -1.26. The van der Waals surface area contributed by atoms with Gasteiger partial charge in [-0.05, 0) is 58.2 Å². The lowest BCUT2D eigenvalue weighted by atomic mass is 9.98. The predicted octanol–water partition coefficient (Wildman–Crippen LogP) is 4.82. The molecule has 4 heteroatoms. The normalized spacial score (nSPS) is 12.4. The lowest BCUT2D eigenvalue weighted by Gasteiger charge is -2.21. The third-order valence-electron chi connectivity index (χ3n) is 3.09. The zero-order chi connectivity index (χ0) is 14.5. The van der Waals surface area contributed by atoms with Crippen LogP contribution < -0.4 is 5.32 Å². The molecule has 2 aromatic carbocycles. The molecule has 0 radical (unpaired) electrons. The molecule has 0 aliphatic carbocycles. The molecule has 1 unspecified atom stereocenters. The molecule has 0 aliphatic heterocycles. The molecule has 0 saturated heterocycles. The first-order valence-corrected chi connectivity index (χ1v) is 7.35. The van der Waals surface area contributed by atoms with Crippen LogP contribution in [0.5, 0.6) is 0 Å². The van der Waals surface area contributed by atoms with Gasteiger partial charge in [0, 0.05) is 0 Å². The van der Waals surface area contributed by atoms with Gasteiger partial charge >= 0.3 is 0 Å². The largest absolute Gasteiger partial charge is 0.306 e. The summed E-state index contributed by atoms with van der Waals surface area (Å²) in [6.07, 6.45) is 0.963. The summed E-state index contributed by atoms with van der Waals surface area (Å²) in [7, 11) is 0. The molecule has 0 saturated carbocycles. The van der Waals surface area contributed by atoms with Gasteiger partial charge in [0.25, 0.3) is 0 Å². The minimum Gasteiger partial charge on any atom is -0.306 e. The van der Waals surface area contributed by atoms with Crippen LogP contribution in [0.15, 0.2) is 46.9 Å². The van der Waals surface area contributed by atoms with Gasteiger partial charge in [-0.3, -0.25) is 0 Å². The van der Waals surface area contributed by atoms with Crippen LogP contribution in [0.2, 0.25) is 0 Å². The molecule has 20 heavy (non-hydrogen) atoms. The van der Waals surface area contributed by atoms with E-state index in [1.807, 2.05) is 6.07 Å². The fourth-order valence-corrected chi connectivity index (χ4v) is 2.59. The molecule has 1 nitrogen and oxygen atoms in total. The van der Waals surface area contributed by atoms with E-state index in [1.54, 1.807) is 18.2 Å². The summed E-state index contributed by atoms with van der Waals surface area (Å²) in [6, 6.07) is 11.1. The summed E-state index contributed by atoms with van der Waals surface area (Å²) in [4.78, 5) is 0. The minimum atomic E-state index is -0.298. The van der Waals surface area contributed by atoms with E-state index in [2.05, 4.69) is 28.2 Å². The van der Waals surface area contributed by atoms with Gasteiger partial charge in [0.05, 0.1) is 10.5 Å². The SMILES string of the molecule is CCCNC(c1ccc(F)cc1)c1cccc(F)c1Br. The highest BCUT2D eigenvalue weighted by atomic mass is 79.9. The van der Waals surface area contributed by atoms with Crippen LogP contribution >= 0.6 is 15.9 Å². The second kappa shape index (κ2) is 6.95. The second-order valence-electron chi connectivity index (χ2n) is 4.58. The zero-order valence-corrected chi connectivity index (χ0v) is 12.8. The molecular formula is C16H16BrF2N. The quantitative estimate of drug-likeness (QED) is 0.823. The summed E-state index contributed by atoms with van der Waals surface area (Å²) >= 11 is 3.30. The Morgan fingerprint density at radius 2 is 1.80 bits per heavy atom. The summed E-state index contributed by atoms with van der Waals surface area (Å²) < 4.78 is 27.2. The summed E-state index contributed by atoms with van der Waals surface area (Å²) in [6.45, 7) is 2.86. The predicted molar refractivity (Wildman–Crippen MR) is 80.6 cm³/mol. The fraction of sp³-hybridized carbons (Fsp3) is 0.250. The van der Waals surface area contributed by atoms with Crippen molar-refractivity contribution in [3.63, 3.8) is 0 Å². The fourth-order valence-electron chi connectivity index (χ4n) is 2.09. The first-order valence-electron chi connectivity index (χ1n) is 6.56. The van der Waals surface area contributed by atoms with E-state index >= 15 is 0 Å². The van der Waals surface area contributed by atoms with Crippen LogP contribution in [0.25, 0.3) is 0 Å². The highest BCUT2D eigenvalue weighted by Gasteiger charge is 2.18. The van der Waals surface area contributed by atoms with Crippen LogP contribution in [0.1, 0.15) is 30.5 Å². The maximum absolute atomic E-state index is 13.7. The number of hydrogen-bond donors (Lipinski definition) is 1. The van der Waals surface area contributed by atoms with Crippen LogP contribution in [0, 0.1) is 11.6 Å². The van der Waals surface area contributed by atoms with Crippen molar-refractivity contribution < 1.29 is 8.78 Å². The van der Waals surface area contributed by atoms with E-state index in [0.717, 1.165) is 24.1 Å². The van der Waals surface area contributed by atoms with Crippen LogP contribution in [0.4, 0.5) is 8.78 Å². The average Bonchev–Trinajstić information content (AvgIpc) is 2.45. The van der Waals surface area contributed by atoms with Crippen molar-refractivity contribution in [1.82, 2.24) is 5.32 Å². The molecule has 106 valence electrons. The van der Waals surface area contributed by atoms with Crippen molar-refractivity contribution in [3.05, 3.63) is 69.7 Å². The first-order chi connectivity index (χ1) is 9.63. The second-order valence-corrected chi connectivity index (χ2v) is 5.37. The van der Waals surface area contributed by atoms with Crippen molar-refractivity contribution >= 4 is 15.9 Å². The Balaban J connectivity index is 2.41. The highest BCUT2D eigenvalue weighted by molar-refractivity contribution is 9.10. The number of benzene rings is 2. The van der Waals surface area contributed by atoms with E-state index in [1.165, 1.54) is 18.2 Å². The van der Waals surface area contributed by atoms with Crippen molar-refractivity contribution in [1.29, 1.82) is 0 Å². The summed E-state index contributed by atoms with van der Waals surface area (Å²) in [5.74, 6) is -0.575. The third-order valence-corrected chi connectivity index (χ3v) is 3.93. The van der Waals surface area contributed by atoms with E-state index in [9.17, 15) is 8.78 Å². The van der Waals surface area contributed by atoms with E-state index in [4.69, 9.17) is 0 Å². The van der Waals surface area contributed by atoms with Crippen molar-refractivity contribution in [3.8, 4) is 0 Å². The molecule has 1 N–H and O–H groups in total. The topological polar surface area (TPSA) is 12.0 Å². The van der Waals surface area contributed by atoms with E-state index in [0.29, 0.717) is 4.47 Å². The molecule has 0 spiro atoms. The van der Waals surface area contributed by atoms with Gasteiger partial charge in [-0.1, -0.05) is 31.2 Å². The summed E-state index contributed by atoms with van der Waals surface area (Å²) in [5, 5.41) is 3.37. The third kappa shape index (κ3) is 3.44. The summed E-state index contributed by atoms with van der Waals surface area (Å²) in [5.41, 5.74) is 1.72. The van der Waals surface area contributed by atoms with Gasteiger partial charge in [-0.25, -0.2) is 8.78 Å². The van der Waals surface area contributed by atoms with Gasteiger partial charge in [-0.15, -0.1) is 0 Å². The average molecular weight is 340 g/mol. The zero-order valence-electron chi connectivity index (χ0n) is 11.2. The van der Waals surface area contributed by atoms with Gasteiger partial charge < -0.3 is 5.32 Å². The molecule has 1 atom stereocenters. The minimum absolute atomic E-state index is 0.166. The maximum atomic E-state index is 13.7. The van der Waals surface area contributed by atoms with Crippen LogP contribution in [0.3, 0.4) is 0 Å². The molecule has 0 amide bonds. The standard InChI is InChI=1S/C16H16BrF2N/c1-2-10-20-16(11-6-8-12(18)9-7-11)13-4-3-5-14(19)15(13)17/h3-9,16,20H,2,10H2,1H3. The lowest BCUT2D eigenvalue weighted by Crippen LogP contribution is -2.23. The number of hydrogen-bond acceptors (Lipinski definition) is 1. The molecule has 0 fully saturated rings. The highest BCUT2D eigenvalue weighted by Crippen LogP contribution is 2.30. The Kier molecular flexibility index (Phi) is 5.26. The number of rotatable bonds is 5. The van der Waals surface area contributed by atoms with E-state index < -0.39 is 0 Å². The Bertz CT molecular complexity index is 569. The molecule has 2 aromatic rings. The van der Waals surface area contributed by atoms with Gasteiger partial charge in [0.1, 0.15) is 11.6 Å². The van der Waals surface area contributed by atoms with Crippen molar-refractivity contribution in [2.24, 2.45) is 0 Å². The molecular weight excluding hydrogens is 324 g/mol. The van der Waals surface area contributed by atoms with Crippen molar-refractivity contribution in [2.45, 2.75) is 19.4 Å². The van der Waals surface area contributed by atoms with Gasteiger partial charge in [0.2, 0.25) is 0 Å².